The number of thioether (sulfide) groups is 1. The lowest BCUT2D eigenvalue weighted by Crippen LogP contribution is -2.70. The Kier molecular flexibility index (Phi) is 23.6. The second-order valence-electron chi connectivity index (χ2n) is 21.0. The highest BCUT2D eigenvalue weighted by Gasteiger charge is 2.65. The standard InChI is InChI=1S/C31H40N2O5S.C26H36O4.I2/c1-18(2)12-7-9-15-21(19(3)4)29(36)38-30(37)25-31(5,6)39-28-24(27(35)33(25)28)32-26(34)23-17-11-14-20-13-8-10-16-22(20)23;1-17(2)9-7-8-10-24(18(3)4)26(28)30-25(27)19(5)20-11-12-22-16-23(29-6)14-13-21(22)15-20;1-2/h8,10-11,13-14,16-19,21,24-25,28H,7,9,12,15H2,1-6H3,(H,32,34);11-19,24H,7-10H2,1-6H3;/t21?,24-,25?,28?;;/m1../s1. The Balaban J connectivity index is 0.000000308. The topological polar surface area (TPSA) is 145 Å². The van der Waals surface area contributed by atoms with Gasteiger partial charge in [0, 0.05) is 47.5 Å². The number of ether oxygens (including phenoxy) is 3. The van der Waals surface area contributed by atoms with Gasteiger partial charge in [0.05, 0.1) is 24.9 Å². The quantitative estimate of drug-likeness (QED) is 0.0298. The molecule has 388 valence electrons. The van der Waals surface area contributed by atoms with E-state index in [0.717, 1.165) is 77.8 Å². The molecule has 14 heteroatoms. The molecule has 0 aromatic heterocycles. The van der Waals surface area contributed by atoms with Gasteiger partial charge in [0.1, 0.15) is 23.2 Å². The van der Waals surface area contributed by atoms with Gasteiger partial charge in [-0.25, -0.2) is 4.79 Å². The second-order valence-corrected chi connectivity index (χ2v) is 22.7. The van der Waals surface area contributed by atoms with Gasteiger partial charge < -0.3 is 24.4 Å². The van der Waals surface area contributed by atoms with Crippen LogP contribution in [0, 0.1) is 35.5 Å². The van der Waals surface area contributed by atoms with Crippen LogP contribution < -0.4 is 10.1 Å². The minimum atomic E-state index is -0.900. The predicted octanol–water partition coefficient (Wildman–Crippen LogP) is 13.8. The molecule has 4 aromatic carbocycles. The number of carbonyl (C=O) groups is 6. The molecule has 6 atom stereocenters. The van der Waals surface area contributed by atoms with Crippen molar-refractivity contribution in [1.82, 2.24) is 10.2 Å². The Labute approximate surface area is 450 Å². The summed E-state index contributed by atoms with van der Waals surface area (Å²) in [7, 11) is 1.64. The van der Waals surface area contributed by atoms with Crippen molar-refractivity contribution in [3.8, 4) is 5.75 Å². The summed E-state index contributed by atoms with van der Waals surface area (Å²) in [6, 6.07) is 23.1. The van der Waals surface area contributed by atoms with Gasteiger partial charge in [-0.3, -0.25) is 24.0 Å². The largest absolute Gasteiger partial charge is 0.497 e. The van der Waals surface area contributed by atoms with Crippen LogP contribution in [0.2, 0.25) is 0 Å². The summed E-state index contributed by atoms with van der Waals surface area (Å²) in [4.78, 5) is 79.6. The molecular formula is C57H76I2N2O9S. The van der Waals surface area contributed by atoms with Crippen LogP contribution >= 0.6 is 49.0 Å². The average Bonchev–Trinajstić information content (AvgIpc) is 3.59. The van der Waals surface area contributed by atoms with Crippen molar-refractivity contribution >= 4 is 106 Å². The fraction of sp³-hybridized carbons (Fsp3) is 0.544. The maximum Gasteiger partial charge on any atom is 0.337 e. The molecule has 0 spiro atoms. The highest BCUT2D eigenvalue weighted by atomic mass is 128. The number of β-lactam (4-membered cyclic amide) rings is 1. The first-order valence-electron chi connectivity index (χ1n) is 25.2. The minimum absolute atomic E-state index is 0.0439. The number of hydrogen-bond donors (Lipinski definition) is 1. The van der Waals surface area contributed by atoms with Crippen molar-refractivity contribution in [3.63, 3.8) is 0 Å². The first-order chi connectivity index (χ1) is 33.6. The molecular weight excluding hydrogens is 1140 g/mol. The van der Waals surface area contributed by atoms with Crippen LogP contribution in [0.5, 0.6) is 5.75 Å². The van der Waals surface area contributed by atoms with Crippen LogP contribution in [-0.4, -0.2) is 69.9 Å². The molecule has 11 nitrogen and oxygen atoms in total. The van der Waals surface area contributed by atoms with Gasteiger partial charge in [0.15, 0.2) is 0 Å². The monoisotopic (exact) mass is 1220 g/mol. The lowest BCUT2D eigenvalue weighted by Gasteiger charge is -2.43. The molecule has 2 heterocycles. The van der Waals surface area contributed by atoms with Crippen molar-refractivity contribution in [1.29, 1.82) is 0 Å². The molecule has 71 heavy (non-hydrogen) atoms. The molecule has 2 aliphatic heterocycles. The van der Waals surface area contributed by atoms with E-state index in [1.807, 2.05) is 114 Å². The lowest BCUT2D eigenvalue weighted by molar-refractivity contribution is -0.173. The highest BCUT2D eigenvalue weighted by Crippen LogP contribution is 2.51. The molecule has 2 fully saturated rings. The van der Waals surface area contributed by atoms with Crippen LogP contribution in [0.15, 0.2) is 78.9 Å². The Bertz CT molecular complexity index is 2450. The first kappa shape index (κ1) is 59.8. The zero-order valence-corrected chi connectivity index (χ0v) is 48.9. The predicted molar refractivity (Wildman–Crippen MR) is 304 cm³/mol. The molecule has 2 amide bonds. The molecule has 0 radical (unpaired) electrons. The van der Waals surface area contributed by atoms with Crippen molar-refractivity contribution in [2.24, 2.45) is 35.5 Å². The summed E-state index contributed by atoms with van der Waals surface area (Å²) in [5, 5.41) is 6.28. The summed E-state index contributed by atoms with van der Waals surface area (Å²) in [6.07, 6.45) is 7.71. The van der Waals surface area contributed by atoms with Crippen LogP contribution in [0.3, 0.4) is 0 Å². The molecule has 5 unspecified atom stereocenters. The number of esters is 4. The van der Waals surface area contributed by atoms with E-state index in [9.17, 15) is 28.8 Å². The van der Waals surface area contributed by atoms with E-state index in [2.05, 4.69) is 70.2 Å². The van der Waals surface area contributed by atoms with Gasteiger partial charge >= 0.3 is 23.9 Å². The number of benzene rings is 4. The number of methoxy groups -OCH3 is 1. The van der Waals surface area contributed by atoms with Crippen LogP contribution in [0.1, 0.15) is 149 Å². The minimum Gasteiger partial charge on any atom is -0.497 e. The summed E-state index contributed by atoms with van der Waals surface area (Å²) in [5.74, 6) is -1.60. The maximum atomic E-state index is 13.3. The van der Waals surface area contributed by atoms with E-state index in [0.29, 0.717) is 23.8 Å². The Morgan fingerprint density at radius 2 is 1.20 bits per heavy atom. The SMILES string of the molecule is CC(C)CCCCC(C(=O)OC(=O)C1N2C(=O)[C@@H](NC(=O)c3cccc4ccccc34)C2SC1(C)C)C(C)C.COc1ccc2cc(C(C)C(=O)OC(=O)C(CCCCC(C)C)C(C)C)ccc2c1.II. The fourth-order valence-corrected chi connectivity index (χ4v) is 10.9. The summed E-state index contributed by atoms with van der Waals surface area (Å²) < 4.78 is 15.3. The molecule has 0 aliphatic carbocycles. The molecule has 0 saturated carbocycles. The Hall–Kier alpha value is -3.77. The molecule has 1 N–H and O–H groups in total. The Morgan fingerprint density at radius 1 is 0.662 bits per heavy atom. The third kappa shape index (κ3) is 16.1. The third-order valence-corrected chi connectivity index (χ3v) is 15.2. The van der Waals surface area contributed by atoms with Gasteiger partial charge in [-0.05, 0) is 103 Å². The number of nitrogens with zero attached hydrogens (tertiary/aromatic N) is 1. The van der Waals surface area contributed by atoms with Crippen molar-refractivity contribution < 1.29 is 43.0 Å². The first-order valence-corrected chi connectivity index (χ1v) is 32.3. The van der Waals surface area contributed by atoms with Crippen molar-refractivity contribution in [2.75, 3.05) is 7.11 Å². The summed E-state index contributed by atoms with van der Waals surface area (Å²) in [5.41, 5.74) is 1.33. The van der Waals surface area contributed by atoms with E-state index >= 15 is 0 Å². The number of rotatable bonds is 20. The zero-order valence-electron chi connectivity index (χ0n) is 43.7. The van der Waals surface area contributed by atoms with E-state index in [1.165, 1.54) is 16.7 Å². The third-order valence-electron chi connectivity index (χ3n) is 13.6. The van der Waals surface area contributed by atoms with Gasteiger partial charge in [-0.15, -0.1) is 11.8 Å². The number of fused-ring (bicyclic) bond motifs is 3. The number of nitrogens with one attached hydrogen (secondary N) is 1. The Morgan fingerprint density at radius 3 is 1.77 bits per heavy atom. The fourth-order valence-electron chi connectivity index (χ4n) is 9.32. The van der Waals surface area contributed by atoms with Crippen LogP contribution in [-0.2, 0) is 33.4 Å². The zero-order chi connectivity index (χ0) is 52.7. The molecule has 2 aliphatic rings. The van der Waals surface area contributed by atoms with Gasteiger partial charge in [-0.1, -0.05) is 155 Å². The normalized spacial score (nSPS) is 18.1. The molecule has 6 rings (SSSR count). The number of carbonyl (C=O) groups excluding carboxylic acids is 6. The smallest absolute Gasteiger partial charge is 0.337 e. The number of amides is 2. The van der Waals surface area contributed by atoms with Crippen LogP contribution in [0.4, 0.5) is 0 Å². The highest BCUT2D eigenvalue weighted by molar-refractivity contribution is 15.0. The summed E-state index contributed by atoms with van der Waals surface area (Å²) in [6.45, 7) is 22.3. The molecule has 4 aromatic rings. The van der Waals surface area contributed by atoms with Crippen molar-refractivity contribution in [2.45, 2.75) is 156 Å². The van der Waals surface area contributed by atoms with Crippen molar-refractivity contribution in [3.05, 3.63) is 90.0 Å². The summed E-state index contributed by atoms with van der Waals surface area (Å²) >= 11 is 5.69. The van der Waals surface area contributed by atoms with E-state index in [4.69, 9.17) is 14.2 Å². The van der Waals surface area contributed by atoms with Gasteiger partial charge in [-0.2, -0.15) is 0 Å². The van der Waals surface area contributed by atoms with E-state index in [1.54, 1.807) is 20.1 Å². The van der Waals surface area contributed by atoms with Gasteiger partial charge in [0.25, 0.3) is 5.91 Å². The number of hydrogen-bond acceptors (Lipinski definition) is 10. The van der Waals surface area contributed by atoms with E-state index in [-0.39, 0.29) is 35.5 Å². The maximum absolute atomic E-state index is 13.3. The van der Waals surface area contributed by atoms with Gasteiger partial charge in [0.2, 0.25) is 5.91 Å². The van der Waals surface area contributed by atoms with Crippen LogP contribution in [0.25, 0.3) is 21.5 Å². The number of unbranched alkanes of at least 4 members (excludes halogenated alkanes) is 2. The molecule has 2 saturated heterocycles. The lowest BCUT2D eigenvalue weighted by atomic mass is 9.89. The average molecular weight is 1220 g/mol. The molecule has 0 bridgehead atoms. The number of halogens is 2. The second kappa shape index (κ2) is 28.1. The van der Waals surface area contributed by atoms with E-state index < -0.39 is 52.0 Å².